The molecule has 1 aliphatic heterocycles. The highest BCUT2D eigenvalue weighted by molar-refractivity contribution is 5.61. The van der Waals surface area contributed by atoms with Gasteiger partial charge in [-0.1, -0.05) is 30.3 Å². The summed E-state index contributed by atoms with van der Waals surface area (Å²) in [7, 11) is 0. The lowest BCUT2D eigenvalue weighted by Gasteiger charge is -2.09. The highest BCUT2D eigenvalue weighted by atomic mass is 15.1. The Morgan fingerprint density at radius 2 is 1.90 bits per heavy atom. The minimum atomic E-state index is 0.718. The number of hydrogen-bond donors (Lipinski definition) is 2. The third-order valence-electron chi connectivity index (χ3n) is 3.76. The molecule has 1 aliphatic rings. The fourth-order valence-electron chi connectivity index (χ4n) is 2.55. The summed E-state index contributed by atoms with van der Waals surface area (Å²) in [4.78, 5) is 8.76. The van der Waals surface area contributed by atoms with Gasteiger partial charge < -0.3 is 10.6 Å². The molecule has 104 valence electrons. The highest BCUT2D eigenvalue weighted by Gasteiger charge is 2.13. The van der Waals surface area contributed by atoms with Gasteiger partial charge in [-0.05, 0) is 37.4 Å². The van der Waals surface area contributed by atoms with Gasteiger partial charge in [0, 0.05) is 24.5 Å². The fourth-order valence-corrected chi connectivity index (χ4v) is 2.55. The van der Waals surface area contributed by atoms with Crippen LogP contribution in [0.25, 0.3) is 11.1 Å². The van der Waals surface area contributed by atoms with Crippen LogP contribution in [0.15, 0.2) is 42.7 Å². The Hall–Kier alpha value is -1.94. The normalized spacial score (nSPS) is 18.1. The van der Waals surface area contributed by atoms with Crippen LogP contribution >= 0.6 is 0 Å². The SMILES string of the molecule is c1ccc(-c2cnc(NCCC3CCNC3)nc2)cc1. The van der Waals surface area contributed by atoms with E-state index in [0.717, 1.165) is 42.6 Å². The number of nitrogens with zero attached hydrogens (tertiary/aromatic N) is 2. The van der Waals surface area contributed by atoms with Gasteiger partial charge in [-0.2, -0.15) is 0 Å². The van der Waals surface area contributed by atoms with Crippen molar-refractivity contribution in [3.63, 3.8) is 0 Å². The average molecular weight is 268 g/mol. The molecule has 4 nitrogen and oxygen atoms in total. The molecule has 0 spiro atoms. The molecule has 3 rings (SSSR count). The molecule has 4 heteroatoms. The molecule has 2 N–H and O–H groups in total. The first-order valence-electron chi connectivity index (χ1n) is 7.24. The molecular weight excluding hydrogens is 248 g/mol. The summed E-state index contributed by atoms with van der Waals surface area (Å²) in [6, 6.07) is 10.2. The molecule has 0 aliphatic carbocycles. The minimum Gasteiger partial charge on any atom is -0.354 e. The van der Waals surface area contributed by atoms with Crippen LogP contribution in [0.3, 0.4) is 0 Å². The Morgan fingerprint density at radius 1 is 1.10 bits per heavy atom. The van der Waals surface area contributed by atoms with Gasteiger partial charge in [0.05, 0.1) is 0 Å². The van der Waals surface area contributed by atoms with Crippen molar-refractivity contribution >= 4 is 5.95 Å². The predicted octanol–water partition coefficient (Wildman–Crippen LogP) is 2.56. The lowest BCUT2D eigenvalue weighted by molar-refractivity contribution is 0.548. The van der Waals surface area contributed by atoms with E-state index in [1.807, 2.05) is 30.6 Å². The van der Waals surface area contributed by atoms with Gasteiger partial charge in [0.25, 0.3) is 0 Å². The van der Waals surface area contributed by atoms with E-state index in [2.05, 4.69) is 32.7 Å². The molecule has 0 radical (unpaired) electrons. The zero-order valence-corrected chi connectivity index (χ0v) is 11.5. The van der Waals surface area contributed by atoms with E-state index in [1.54, 1.807) is 0 Å². The van der Waals surface area contributed by atoms with Crippen LogP contribution in [0.1, 0.15) is 12.8 Å². The average Bonchev–Trinajstić information content (AvgIpc) is 3.02. The number of hydrogen-bond acceptors (Lipinski definition) is 4. The van der Waals surface area contributed by atoms with Crippen LogP contribution in [0, 0.1) is 5.92 Å². The number of benzene rings is 1. The van der Waals surface area contributed by atoms with Gasteiger partial charge in [-0.15, -0.1) is 0 Å². The monoisotopic (exact) mass is 268 g/mol. The maximum absolute atomic E-state index is 4.38. The summed E-state index contributed by atoms with van der Waals surface area (Å²) >= 11 is 0. The van der Waals surface area contributed by atoms with Gasteiger partial charge in [0.15, 0.2) is 0 Å². The lowest BCUT2D eigenvalue weighted by atomic mass is 10.1. The quantitative estimate of drug-likeness (QED) is 0.875. The molecule has 2 heterocycles. The van der Waals surface area contributed by atoms with Crippen molar-refractivity contribution in [2.24, 2.45) is 5.92 Å². The minimum absolute atomic E-state index is 0.718. The number of anilines is 1. The molecule has 0 amide bonds. The molecular formula is C16H20N4. The zero-order valence-electron chi connectivity index (χ0n) is 11.5. The van der Waals surface area contributed by atoms with Gasteiger partial charge in [-0.25, -0.2) is 9.97 Å². The Morgan fingerprint density at radius 3 is 2.60 bits per heavy atom. The van der Waals surface area contributed by atoms with E-state index in [4.69, 9.17) is 0 Å². The predicted molar refractivity (Wildman–Crippen MR) is 81.6 cm³/mol. The third kappa shape index (κ3) is 3.33. The van der Waals surface area contributed by atoms with E-state index in [0.29, 0.717) is 0 Å². The number of aromatic nitrogens is 2. The Labute approximate surface area is 119 Å². The number of nitrogens with one attached hydrogen (secondary N) is 2. The van der Waals surface area contributed by atoms with E-state index in [1.165, 1.54) is 12.8 Å². The van der Waals surface area contributed by atoms with Crippen molar-refractivity contribution in [3.05, 3.63) is 42.7 Å². The first-order valence-corrected chi connectivity index (χ1v) is 7.24. The summed E-state index contributed by atoms with van der Waals surface area (Å²) in [6.45, 7) is 3.25. The summed E-state index contributed by atoms with van der Waals surface area (Å²) in [5.74, 6) is 1.52. The highest BCUT2D eigenvalue weighted by Crippen LogP contribution is 2.17. The second-order valence-corrected chi connectivity index (χ2v) is 5.24. The Balaban J connectivity index is 1.53. The van der Waals surface area contributed by atoms with E-state index in [9.17, 15) is 0 Å². The topological polar surface area (TPSA) is 49.8 Å². The standard InChI is InChI=1S/C16H20N4/c1-2-4-14(5-3-1)15-11-19-16(20-12-15)18-9-7-13-6-8-17-10-13/h1-5,11-13,17H,6-10H2,(H,18,19,20). The van der Waals surface area contributed by atoms with Crippen molar-refractivity contribution in [2.45, 2.75) is 12.8 Å². The zero-order chi connectivity index (χ0) is 13.6. The van der Waals surface area contributed by atoms with Crippen LogP contribution in [-0.4, -0.2) is 29.6 Å². The molecule has 1 fully saturated rings. The molecule has 2 aromatic rings. The van der Waals surface area contributed by atoms with Crippen molar-refractivity contribution < 1.29 is 0 Å². The van der Waals surface area contributed by atoms with E-state index < -0.39 is 0 Å². The molecule has 1 unspecified atom stereocenters. The summed E-state index contributed by atoms with van der Waals surface area (Å²) < 4.78 is 0. The molecule has 0 bridgehead atoms. The van der Waals surface area contributed by atoms with Crippen LogP contribution in [0.5, 0.6) is 0 Å². The Kier molecular flexibility index (Phi) is 4.23. The molecule has 1 aromatic carbocycles. The molecule has 20 heavy (non-hydrogen) atoms. The maximum atomic E-state index is 4.38. The maximum Gasteiger partial charge on any atom is 0.222 e. The fraction of sp³-hybridized carbons (Fsp3) is 0.375. The van der Waals surface area contributed by atoms with Crippen molar-refractivity contribution in [2.75, 3.05) is 25.0 Å². The second-order valence-electron chi connectivity index (χ2n) is 5.24. The largest absolute Gasteiger partial charge is 0.354 e. The summed E-state index contributed by atoms with van der Waals surface area (Å²) in [6.07, 6.45) is 6.22. The van der Waals surface area contributed by atoms with Crippen molar-refractivity contribution in [3.8, 4) is 11.1 Å². The van der Waals surface area contributed by atoms with Crippen LogP contribution in [0.2, 0.25) is 0 Å². The first-order chi connectivity index (χ1) is 9.92. The Bertz CT molecular complexity index is 518. The second kappa shape index (κ2) is 6.48. The van der Waals surface area contributed by atoms with Crippen LogP contribution in [0.4, 0.5) is 5.95 Å². The van der Waals surface area contributed by atoms with Crippen LogP contribution in [-0.2, 0) is 0 Å². The molecule has 1 aromatic heterocycles. The van der Waals surface area contributed by atoms with Gasteiger partial charge >= 0.3 is 0 Å². The van der Waals surface area contributed by atoms with E-state index >= 15 is 0 Å². The first kappa shape index (κ1) is 13.1. The van der Waals surface area contributed by atoms with Crippen molar-refractivity contribution in [1.29, 1.82) is 0 Å². The molecule has 1 atom stereocenters. The third-order valence-corrected chi connectivity index (χ3v) is 3.76. The molecule has 1 saturated heterocycles. The van der Waals surface area contributed by atoms with Gasteiger partial charge in [0.1, 0.15) is 0 Å². The van der Waals surface area contributed by atoms with Crippen LogP contribution < -0.4 is 10.6 Å². The van der Waals surface area contributed by atoms with Crippen molar-refractivity contribution in [1.82, 2.24) is 15.3 Å². The van der Waals surface area contributed by atoms with Gasteiger partial charge in [-0.3, -0.25) is 0 Å². The molecule has 0 saturated carbocycles. The summed E-state index contributed by atoms with van der Waals surface area (Å²) in [5.41, 5.74) is 2.20. The smallest absolute Gasteiger partial charge is 0.222 e. The summed E-state index contributed by atoms with van der Waals surface area (Å²) in [5, 5.41) is 6.69. The number of rotatable bonds is 5. The lowest BCUT2D eigenvalue weighted by Crippen LogP contribution is -2.13. The van der Waals surface area contributed by atoms with E-state index in [-0.39, 0.29) is 0 Å². The van der Waals surface area contributed by atoms with Gasteiger partial charge in [0.2, 0.25) is 5.95 Å².